The van der Waals surface area contributed by atoms with Gasteiger partial charge in [-0.05, 0) is 51.7 Å². The minimum atomic E-state index is -1.09. The van der Waals surface area contributed by atoms with E-state index in [0.29, 0.717) is 17.1 Å². The predicted molar refractivity (Wildman–Crippen MR) is 124 cm³/mol. The van der Waals surface area contributed by atoms with Crippen molar-refractivity contribution >= 4 is 28.5 Å². The first-order chi connectivity index (χ1) is 15.9. The molecule has 0 aliphatic heterocycles. The number of hydrogen-bond donors (Lipinski definition) is 0. The van der Waals surface area contributed by atoms with Crippen LogP contribution in [0.1, 0.15) is 40.9 Å². The normalized spacial score (nSPS) is 13.7. The van der Waals surface area contributed by atoms with Crippen LogP contribution in [0.15, 0.2) is 84.9 Å². The van der Waals surface area contributed by atoms with Crippen molar-refractivity contribution in [1.82, 2.24) is 0 Å². The minimum Gasteiger partial charge on any atom is -0.427 e. The molecule has 0 radical (unpaired) electrons. The summed E-state index contributed by atoms with van der Waals surface area (Å²) >= 11 is 0. The van der Waals surface area contributed by atoms with E-state index in [9.17, 15) is 14.4 Å². The summed E-state index contributed by atoms with van der Waals surface area (Å²) in [6.45, 7) is 2.69. The molecule has 0 aromatic heterocycles. The summed E-state index contributed by atoms with van der Waals surface area (Å²) < 4.78 is 10.4. The summed E-state index contributed by atoms with van der Waals surface area (Å²) in [5.41, 5.74) is 1.98. The van der Waals surface area contributed by atoms with Gasteiger partial charge in [-0.15, -0.1) is 0 Å². The van der Waals surface area contributed by atoms with E-state index in [1.807, 2.05) is 60.7 Å². The fraction of sp³-hybridized carbons (Fsp3) is 0.107. The molecule has 0 bridgehead atoms. The van der Waals surface area contributed by atoms with Crippen LogP contribution in [0.2, 0.25) is 0 Å². The van der Waals surface area contributed by atoms with Crippen molar-refractivity contribution < 1.29 is 23.9 Å². The largest absolute Gasteiger partial charge is 0.427 e. The molecule has 33 heavy (non-hydrogen) atoms. The van der Waals surface area contributed by atoms with E-state index >= 15 is 0 Å². The van der Waals surface area contributed by atoms with Crippen LogP contribution < -0.4 is 9.47 Å². The number of ketones is 1. The van der Waals surface area contributed by atoms with Crippen molar-refractivity contribution in [3.8, 4) is 11.5 Å². The quantitative estimate of drug-likeness (QED) is 0.324. The van der Waals surface area contributed by atoms with Crippen LogP contribution in [0, 0.1) is 0 Å². The van der Waals surface area contributed by atoms with E-state index in [2.05, 4.69) is 0 Å². The molecule has 0 heterocycles. The summed E-state index contributed by atoms with van der Waals surface area (Å²) in [4.78, 5) is 36.9. The zero-order valence-electron chi connectivity index (χ0n) is 18.1. The van der Waals surface area contributed by atoms with Crippen LogP contribution in [-0.4, -0.2) is 17.7 Å². The van der Waals surface area contributed by atoms with E-state index in [1.54, 1.807) is 24.3 Å². The second-order valence-electron chi connectivity index (χ2n) is 8.02. The number of rotatable bonds is 4. The van der Waals surface area contributed by atoms with Crippen molar-refractivity contribution in [1.29, 1.82) is 0 Å². The Morgan fingerprint density at radius 3 is 1.64 bits per heavy atom. The third-order valence-electron chi connectivity index (χ3n) is 5.99. The maximum atomic E-state index is 14.2. The van der Waals surface area contributed by atoms with E-state index < -0.39 is 17.4 Å². The standard InChI is InChI=1S/C28H20O5/c1-17(29)32-22-13-9-20(10-14-22)28(21-11-15-23(16-12-21)33-18(2)30)25-8-4-6-19-5-3-7-24(26(19)25)27(28)31/h3-16H,1-2H3. The fourth-order valence-electron chi connectivity index (χ4n) is 4.78. The highest BCUT2D eigenvalue weighted by Crippen LogP contribution is 2.51. The molecule has 0 saturated carbocycles. The third kappa shape index (κ3) is 3.21. The monoisotopic (exact) mass is 436 g/mol. The molecular formula is C28H20O5. The molecule has 4 aromatic rings. The first kappa shape index (κ1) is 20.6. The van der Waals surface area contributed by atoms with Gasteiger partial charge in [0.15, 0.2) is 5.78 Å². The average Bonchev–Trinajstić information content (AvgIpc) is 3.05. The highest BCUT2D eigenvalue weighted by Gasteiger charge is 2.50. The number of esters is 2. The average molecular weight is 436 g/mol. The van der Waals surface area contributed by atoms with Gasteiger partial charge in [0, 0.05) is 19.4 Å². The van der Waals surface area contributed by atoms with Crippen molar-refractivity contribution in [2.75, 3.05) is 0 Å². The Kier molecular flexibility index (Phi) is 4.82. The summed E-state index contributed by atoms with van der Waals surface area (Å²) in [5.74, 6) is -0.0319. The first-order valence-corrected chi connectivity index (χ1v) is 10.6. The number of benzene rings is 4. The van der Waals surface area contributed by atoms with Crippen molar-refractivity contribution in [2.24, 2.45) is 0 Å². The second kappa shape index (κ2) is 7.71. The van der Waals surface area contributed by atoms with Crippen LogP contribution >= 0.6 is 0 Å². The van der Waals surface area contributed by atoms with Gasteiger partial charge >= 0.3 is 11.9 Å². The summed E-state index contributed by atoms with van der Waals surface area (Å²) in [5, 5.41) is 1.92. The summed E-state index contributed by atoms with van der Waals surface area (Å²) in [6, 6.07) is 25.8. The molecule has 5 rings (SSSR count). The molecule has 0 saturated heterocycles. The van der Waals surface area contributed by atoms with Gasteiger partial charge in [0.25, 0.3) is 0 Å². The van der Waals surface area contributed by atoms with Crippen LogP contribution in [0.3, 0.4) is 0 Å². The lowest BCUT2D eigenvalue weighted by Crippen LogP contribution is -2.35. The molecule has 0 spiro atoms. The van der Waals surface area contributed by atoms with Gasteiger partial charge in [0.1, 0.15) is 16.9 Å². The molecule has 0 amide bonds. The zero-order chi connectivity index (χ0) is 23.2. The highest BCUT2D eigenvalue weighted by molar-refractivity contribution is 6.23. The predicted octanol–water partition coefficient (Wildman–Crippen LogP) is 5.22. The first-order valence-electron chi connectivity index (χ1n) is 10.6. The Balaban J connectivity index is 1.76. The topological polar surface area (TPSA) is 69.7 Å². The third-order valence-corrected chi connectivity index (χ3v) is 5.99. The van der Waals surface area contributed by atoms with Gasteiger partial charge in [-0.25, -0.2) is 0 Å². The molecule has 162 valence electrons. The Morgan fingerprint density at radius 1 is 0.667 bits per heavy atom. The SMILES string of the molecule is CC(=O)Oc1ccc(C2(c3ccc(OC(C)=O)cc3)C(=O)c3cccc4cccc2c34)cc1. The molecular weight excluding hydrogens is 416 g/mol. The lowest BCUT2D eigenvalue weighted by Gasteiger charge is -2.31. The Bertz CT molecular complexity index is 1350. The lowest BCUT2D eigenvalue weighted by molar-refractivity contribution is -0.132. The molecule has 0 atom stereocenters. The number of carbonyl (C=O) groups is 3. The van der Waals surface area contributed by atoms with Gasteiger partial charge < -0.3 is 9.47 Å². The molecule has 0 N–H and O–H groups in total. The van der Waals surface area contributed by atoms with Crippen molar-refractivity contribution in [3.05, 3.63) is 107 Å². The van der Waals surface area contributed by atoms with Gasteiger partial charge in [0.05, 0.1) is 0 Å². The van der Waals surface area contributed by atoms with Gasteiger partial charge in [-0.1, -0.05) is 60.7 Å². The van der Waals surface area contributed by atoms with E-state index in [4.69, 9.17) is 9.47 Å². The lowest BCUT2D eigenvalue weighted by atomic mass is 9.69. The van der Waals surface area contributed by atoms with Crippen LogP contribution in [0.5, 0.6) is 11.5 Å². The van der Waals surface area contributed by atoms with Crippen LogP contribution in [0.4, 0.5) is 0 Å². The minimum absolute atomic E-state index is 0.0326. The fourth-order valence-corrected chi connectivity index (χ4v) is 4.78. The smallest absolute Gasteiger partial charge is 0.308 e. The Hall–Kier alpha value is -4.25. The van der Waals surface area contributed by atoms with Gasteiger partial charge in [0.2, 0.25) is 0 Å². The van der Waals surface area contributed by atoms with Crippen molar-refractivity contribution in [2.45, 2.75) is 19.3 Å². The molecule has 1 aliphatic rings. The molecule has 5 heteroatoms. The van der Waals surface area contributed by atoms with E-state index in [0.717, 1.165) is 27.5 Å². The highest BCUT2D eigenvalue weighted by atomic mass is 16.5. The molecule has 4 aromatic carbocycles. The maximum absolute atomic E-state index is 14.2. The van der Waals surface area contributed by atoms with E-state index in [-0.39, 0.29) is 5.78 Å². The van der Waals surface area contributed by atoms with Crippen LogP contribution in [0.25, 0.3) is 10.8 Å². The maximum Gasteiger partial charge on any atom is 0.308 e. The van der Waals surface area contributed by atoms with Crippen molar-refractivity contribution in [3.63, 3.8) is 0 Å². The van der Waals surface area contributed by atoms with E-state index in [1.165, 1.54) is 13.8 Å². The molecule has 0 fully saturated rings. The Morgan fingerprint density at radius 2 is 1.15 bits per heavy atom. The zero-order valence-corrected chi connectivity index (χ0v) is 18.1. The Labute approximate surface area is 190 Å². The second-order valence-corrected chi connectivity index (χ2v) is 8.02. The van der Waals surface area contributed by atoms with Gasteiger partial charge in [-0.2, -0.15) is 0 Å². The molecule has 1 aliphatic carbocycles. The molecule has 5 nitrogen and oxygen atoms in total. The summed E-state index contributed by atoms with van der Waals surface area (Å²) in [6.07, 6.45) is 0. The van der Waals surface area contributed by atoms with Gasteiger partial charge in [-0.3, -0.25) is 14.4 Å². The molecule has 0 unspecified atom stereocenters. The number of Topliss-reactive ketones (excluding diaryl/α,β-unsaturated/α-hetero) is 1. The van der Waals surface area contributed by atoms with Crippen LogP contribution in [-0.2, 0) is 15.0 Å². The number of carbonyl (C=O) groups excluding carboxylic acids is 3. The number of ether oxygens (including phenoxy) is 2. The summed E-state index contributed by atoms with van der Waals surface area (Å²) in [7, 11) is 0. The number of hydrogen-bond acceptors (Lipinski definition) is 5.